The Bertz CT molecular complexity index is 818. The lowest BCUT2D eigenvalue weighted by Gasteiger charge is -2.17. The van der Waals surface area contributed by atoms with Crippen molar-refractivity contribution in [3.8, 4) is 0 Å². The number of hydrogen-bond donors (Lipinski definition) is 1. The Balaban J connectivity index is 1.51. The van der Waals surface area contributed by atoms with Crippen molar-refractivity contribution in [2.24, 2.45) is 5.92 Å². The van der Waals surface area contributed by atoms with E-state index in [2.05, 4.69) is 12.2 Å². The Morgan fingerprint density at radius 3 is 2.48 bits per heavy atom. The number of carbonyl (C=O) groups is 3. The molecule has 0 spiro atoms. The van der Waals surface area contributed by atoms with Crippen LogP contribution < -0.4 is 10.2 Å². The van der Waals surface area contributed by atoms with Crippen LogP contribution in [0.2, 0.25) is 0 Å². The number of esters is 1. The molecule has 1 fully saturated rings. The third-order valence-electron chi connectivity index (χ3n) is 4.52. The van der Waals surface area contributed by atoms with Gasteiger partial charge >= 0.3 is 5.97 Å². The lowest BCUT2D eigenvalue weighted by molar-refractivity contribution is -0.151. The maximum Gasteiger partial charge on any atom is 0.311 e. The highest BCUT2D eigenvalue weighted by atomic mass is 16.5. The Morgan fingerprint density at radius 1 is 1.11 bits per heavy atom. The van der Waals surface area contributed by atoms with Crippen LogP contribution in [0.1, 0.15) is 18.9 Å². The highest BCUT2D eigenvalue weighted by Gasteiger charge is 2.36. The highest BCUT2D eigenvalue weighted by Crippen LogP contribution is 2.26. The van der Waals surface area contributed by atoms with Crippen LogP contribution in [0.3, 0.4) is 0 Å². The third kappa shape index (κ3) is 4.73. The van der Waals surface area contributed by atoms with E-state index in [4.69, 9.17) is 4.74 Å². The van der Waals surface area contributed by atoms with Gasteiger partial charge in [0.2, 0.25) is 5.91 Å². The number of carbonyl (C=O) groups excluding carboxylic acids is 3. The van der Waals surface area contributed by atoms with Gasteiger partial charge in [-0.05, 0) is 36.2 Å². The summed E-state index contributed by atoms with van der Waals surface area (Å²) in [6.07, 6.45) is 1.02. The Labute approximate surface area is 158 Å². The van der Waals surface area contributed by atoms with Crippen LogP contribution in [0.25, 0.3) is 0 Å². The third-order valence-corrected chi connectivity index (χ3v) is 4.52. The number of amides is 2. The summed E-state index contributed by atoms with van der Waals surface area (Å²) in [6.45, 7) is 1.96. The summed E-state index contributed by atoms with van der Waals surface area (Å²) in [7, 11) is 0. The van der Waals surface area contributed by atoms with Crippen LogP contribution >= 0.6 is 0 Å². The predicted octanol–water partition coefficient (Wildman–Crippen LogP) is 2.78. The smallest absolute Gasteiger partial charge is 0.311 e. The molecular weight excluding hydrogens is 344 g/mol. The van der Waals surface area contributed by atoms with Gasteiger partial charge in [0.15, 0.2) is 6.61 Å². The highest BCUT2D eigenvalue weighted by molar-refractivity contribution is 6.00. The number of nitrogens with one attached hydrogen (secondary N) is 1. The van der Waals surface area contributed by atoms with Gasteiger partial charge in [-0.3, -0.25) is 14.4 Å². The van der Waals surface area contributed by atoms with E-state index >= 15 is 0 Å². The molecule has 1 saturated heterocycles. The number of ether oxygens (including phenoxy) is 1. The molecule has 1 N–H and O–H groups in total. The first-order valence-corrected chi connectivity index (χ1v) is 8.97. The summed E-state index contributed by atoms with van der Waals surface area (Å²) in [4.78, 5) is 38.0. The first-order chi connectivity index (χ1) is 13.1. The molecule has 0 saturated carbocycles. The predicted molar refractivity (Wildman–Crippen MR) is 102 cm³/mol. The standard InChI is InChI=1S/C21H22N2O4/c1-2-15-8-10-18(11-9-15)23-13-16(12-20(23)25)21(26)27-14-19(24)22-17-6-4-3-5-7-17/h3-11,16H,2,12-14H2,1H3,(H,22,24). The van der Waals surface area contributed by atoms with Gasteiger partial charge in [-0.1, -0.05) is 37.3 Å². The van der Waals surface area contributed by atoms with E-state index in [9.17, 15) is 14.4 Å². The molecule has 0 bridgehead atoms. The molecule has 1 unspecified atom stereocenters. The number of anilines is 2. The molecule has 140 valence electrons. The molecule has 2 aromatic rings. The molecule has 0 aliphatic carbocycles. The molecule has 1 aliphatic heterocycles. The van der Waals surface area contributed by atoms with Crippen LogP contribution in [0.5, 0.6) is 0 Å². The maximum atomic E-state index is 12.3. The first-order valence-electron chi connectivity index (χ1n) is 8.97. The summed E-state index contributed by atoms with van der Waals surface area (Å²) in [5, 5.41) is 2.65. The zero-order valence-corrected chi connectivity index (χ0v) is 15.2. The van der Waals surface area contributed by atoms with E-state index in [0.717, 1.165) is 12.1 Å². The van der Waals surface area contributed by atoms with E-state index in [-0.39, 0.29) is 25.5 Å². The molecule has 1 heterocycles. The Kier molecular flexibility index (Phi) is 5.86. The van der Waals surface area contributed by atoms with Crippen molar-refractivity contribution in [1.29, 1.82) is 0 Å². The van der Waals surface area contributed by atoms with E-state index in [0.29, 0.717) is 5.69 Å². The number of hydrogen-bond acceptors (Lipinski definition) is 4. The van der Waals surface area contributed by atoms with Crippen LogP contribution in [0.4, 0.5) is 11.4 Å². The van der Waals surface area contributed by atoms with Crippen molar-refractivity contribution in [2.45, 2.75) is 19.8 Å². The largest absolute Gasteiger partial charge is 0.455 e. The normalized spacial score (nSPS) is 16.3. The fraction of sp³-hybridized carbons (Fsp3) is 0.286. The molecule has 1 atom stereocenters. The Morgan fingerprint density at radius 2 is 1.81 bits per heavy atom. The average molecular weight is 366 g/mol. The first kappa shape index (κ1) is 18.6. The number of aryl methyl sites for hydroxylation is 1. The lowest BCUT2D eigenvalue weighted by Crippen LogP contribution is -2.28. The van der Waals surface area contributed by atoms with Crippen molar-refractivity contribution >= 4 is 29.2 Å². The second kappa shape index (κ2) is 8.49. The van der Waals surface area contributed by atoms with Gasteiger partial charge in [-0.25, -0.2) is 0 Å². The Hall–Kier alpha value is -3.15. The molecule has 2 amide bonds. The van der Waals surface area contributed by atoms with Gasteiger partial charge in [-0.2, -0.15) is 0 Å². The quantitative estimate of drug-likeness (QED) is 0.798. The molecular formula is C21H22N2O4. The average Bonchev–Trinajstić information content (AvgIpc) is 3.09. The van der Waals surface area contributed by atoms with Crippen molar-refractivity contribution in [2.75, 3.05) is 23.4 Å². The molecule has 6 nitrogen and oxygen atoms in total. The van der Waals surface area contributed by atoms with Crippen LogP contribution in [-0.4, -0.2) is 30.9 Å². The summed E-state index contributed by atoms with van der Waals surface area (Å²) in [5.74, 6) is -1.62. The topological polar surface area (TPSA) is 75.7 Å². The van der Waals surface area contributed by atoms with E-state index in [1.165, 1.54) is 5.56 Å². The summed E-state index contributed by atoms with van der Waals surface area (Å²) < 4.78 is 5.10. The van der Waals surface area contributed by atoms with Crippen molar-refractivity contribution in [1.82, 2.24) is 0 Å². The molecule has 6 heteroatoms. The minimum absolute atomic E-state index is 0.0919. The minimum atomic E-state index is -0.562. The van der Waals surface area contributed by atoms with Gasteiger partial charge in [-0.15, -0.1) is 0 Å². The molecule has 1 aliphatic rings. The summed E-state index contributed by atoms with van der Waals surface area (Å²) in [5.41, 5.74) is 2.59. The van der Waals surface area contributed by atoms with E-state index in [1.54, 1.807) is 29.2 Å². The lowest BCUT2D eigenvalue weighted by atomic mass is 10.1. The minimum Gasteiger partial charge on any atom is -0.455 e. The van der Waals surface area contributed by atoms with Crippen LogP contribution in [0, 0.1) is 5.92 Å². The van der Waals surface area contributed by atoms with Crippen molar-refractivity contribution < 1.29 is 19.1 Å². The van der Waals surface area contributed by atoms with Crippen molar-refractivity contribution in [3.63, 3.8) is 0 Å². The van der Waals surface area contributed by atoms with Gasteiger partial charge in [0.05, 0.1) is 5.92 Å². The molecule has 2 aromatic carbocycles. The SMILES string of the molecule is CCc1ccc(N2CC(C(=O)OCC(=O)Nc3ccccc3)CC2=O)cc1. The number of rotatable bonds is 6. The fourth-order valence-corrected chi connectivity index (χ4v) is 3.00. The number of benzene rings is 2. The van der Waals surface area contributed by atoms with E-state index < -0.39 is 17.8 Å². The van der Waals surface area contributed by atoms with Gasteiger partial charge < -0.3 is 15.0 Å². The maximum absolute atomic E-state index is 12.3. The number of para-hydroxylation sites is 1. The second-order valence-corrected chi connectivity index (χ2v) is 6.45. The molecule has 27 heavy (non-hydrogen) atoms. The van der Waals surface area contributed by atoms with E-state index in [1.807, 2.05) is 30.3 Å². The van der Waals surface area contributed by atoms with Gasteiger partial charge in [0.25, 0.3) is 5.91 Å². The summed E-state index contributed by atoms with van der Waals surface area (Å²) in [6, 6.07) is 16.7. The van der Waals surface area contributed by atoms with Crippen LogP contribution in [0.15, 0.2) is 54.6 Å². The molecule has 0 radical (unpaired) electrons. The zero-order valence-electron chi connectivity index (χ0n) is 15.2. The fourth-order valence-electron chi connectivity index (χ4n) is 3.00. The second-order valence-electron chi connectivity index (χ2n) is 6.45. The molecule has 3 rings (SSSR count). The zero-order chi connectivity index (χ0) is 19.2. The number of nitrogens with zero attached hydrogens (tertiary/aromatic N) is 1. The van der Waals surface area contributed by atoms with Crippen LogP contribution in [-0.2, 0) is 25.5 Å². The summed E-state index contributed by atoms with van der Waals surface area (Å²) >= 11 is 0. The van der Waals surface area contributed by atoms with Crippen molar-refractivity contribution in [3.05, 3.63) is 60.2 Å². The van der Waals surface area contributed by atoms with Gasteiger partial charge in [0, 0.05) is 24.3 Å². The monoisotopic (exact) mass is 366 g/mol. The van der Waals surface area contributed by atoms with Gasteiger partial charge in [0.1, 0.15) is 0 Å². The molecule has 0 aromatic heterocycles.